The topological polar surface area (TPSA) is 47.8 Å². The molecule has 1 aliphatic heterocycles. The highest BCUT2D eigenvalue weighted by Crippen LogP contribution is 2.36. The molecule has 106 valence electrons. The zero-order chi connectivity index (χ0) is 14.2. The molecule has 5 heteroatoms. The third kappa shape index (κ3) is 1.94. The molecule has 3 aromatic rings. The summed E-state index contributed by atoms with van der Waals surface area (Å²) in [6.45, 7) is 1.02. The van der Waals surface area contributed by atoms with Crippen molar-refractivity contribution in [3.63, 3.8) is 0 Å². The summed E-state index contributed by atoms with van der Waals surface area (Å²) in [4.78, 5) is 4.78. The highest BCUT2D eigenvalue weighted by molar-refractivity contribution is 5.68. The van der Waals surface area contributed by atoms with E-state index in [0.29, 0.717) is 0 Å². The van der Waals surface area contributed by atoms with Gasteiger partial charge in [-0.2, -0.15) is 0 Å². The van der Waals surface area contributed by atoms with Crippen LogP contribution in [0.15, 0.2) is 42.6 Å². The molecule has 0 fully saturated rings. The zero-order valence-electron chi connectivity index (χ0n) is 11.7. The van der Waals surface area contributed by atoms with Gasteiger partial charge in [-0.1, -0.05) is 6.07 Å². The van der Waals surface area contributed by atoms with Crippen LogP contribution in [0, 0.1) is 0 Å². The molecule has 0 saturated carbocycles. The first-order valence-corrected chi connectivity index (χ1v) is 6.87. The fourth-order valence-electron chi connectivity index (χ4n) is 2.64. The number of fused-ring (bicyclic) bond motifs is 2. The van der Waals surface area contributed by atoms with Crippen LogP contribution >= 0.6 is 0 Å². The summed E-state index contributed by atoms with van der Waals surface area (Å²) in [7, 11) is 1.92. The predicted octanol–water partition coefficient (Wildman–Crippen LogP) is 2.45. The molecule has 21 heavy (non-hydrogen) atoms. The molecule has 5 nitrogen and oxygen atoms in total. The van der Waals surface area contributed by atoms with Crippen molar-refractivity contribution >= 4 is 5.52 Å². The van der Waals surface area contributed by atoms with E-state index in [1.807, 2.05) is 43.6 Å². The Morgan fingerprint density at radius 3 is 3.00 bits per heavy atom. The van der Waals surface area contributed by atoms with E-state index in [0.717, 1.165) is 40.6 Å². The number of rotatable bonds is 3. The highest BCUT2D eigenvalue weighted by Gasteiger charge is 2.17. The number of benzene rings is 1. The van der Waals surface area contributed by atoms with Crippen LogP contribution in [-0.4, -0.2) is 23.2 Å². The molecule has 1 aliphatic rings. The van der Waals surface area contributed by atoms with Crippen molar-refractivity contribution in [2.75, 3.05) is 13.8 Å². The van der Waals surface area contributed by atoms with Crippen LogP contribution in [-0.2, 0) is 6.54 Å². The Bertz CT molecular complexity index is 810. The molecule has 0 atom stereocenters. The van der Waals surface area contributed by atoms with E-state index < -0.39 is 0 Å². The maximum Gasteiger partial charge on any atom is 0.231 e. The smallest absolute Gasteiger partial charge is 0.231 e. The van der Waals surface area contributed by atoms with Gasteiger partial charge in [0.1, 0.15) is 5.82 Å². The van der Waals surface area contributed by atoms with Crippen LogP contribution in [0.25, 0.3) is 16.9 Å². The van der Waals surface area contributed by atoms with Crippen molar-refractivity contribution in [2.24, 2.45) is 0 Å². The second-order valence-corrected chi connectivity index (χ2v) is 4.94. The van der Waals surface area contributed by atoms with Crippen LogP contribution in [0.1, 0.15) is 5.69 Å². The normalized spacial score (nSPS) is 13.0. The van der Waals surface area contributed by atoms with E-state index in [4.69, 9.17) is 14.5 Å². The fraction of sp³-hybridized carbons (Fsp3) is 0.188. The molecule has 0 bridgehead atoms. The summed E-state index contributed by atoms with van der Waals surface area (Å²) >= 11 is 0. The van der Waals surface area contributed by atoms with Crippen LogP contribution in [0.5, 0.6) is 11.5 Å². The third-order valence-electron chi connectivity index (χ3n) is 3.60. The van der Waals surface area contributed by atoms with Crippen molar-refractivity contribution in [1.29, 1.82) is 0 Å². The molecular formula is C16H15N3O2. The first-order valence-electron chi connectivity index (χ1n) is 6.87. The molecule has 4 rings (SSSR count). The van der Waals surface area contributed by atoms with Crippen LogP contribution < -0.4 is 14.8 Å². The molecular weight excluding hydrogens is 266 g/mol. The van der Waals surface area contributed by atoms with Crippen molar-refractivity contribution in [2.45, 2.75) is 6.54 Å². The van der Waals surface area contributed by atoms with E-state index in [9.17, 15) is 0 Å². The molecule has 2 aromatic heterocycles. The molecule has 0 unspecified atom stereocenters. The SMILES string of the molecule is CNCc1nc(-c2ccc3c(c2)OCO3)n2ccccc12. The molecule has 1 N–H and O–H groups in total. The fourth-order valence-corrected chi connectivity index (χ4v) is 2.64. The Morgan fingerprint density at radius 1 is 1.19 bits per heavy atom. The maximum atomic E-state index is 5.46. The number of hydrogen-bond donors (Lipinski definition) is 1. The largest absolute Gasteiger partial charge is 0.454 e. The summed E-state index contributed by atoms with van der Waals surface area (Å²) < 4.78 is 12.9. The average Bonchev–Trinajstić information content (AvgIpc) is 3.12. The molecule has 0 radical (unpaired) electrons. The lowest BCUT2D eigenvalue weighted by Gasteiger charge is -2.02. The van der Waals surface area contributed by atoms with Gasteiger partial charge in [-0.3, -0.25) is 4.40 Å². The van der Waals surface area contributed by atoms with E-state index in [1.54, 1.807) is 0 Å². The van der Waals surface area contributed by atoms with Gasteiger partial charge in [-0.05, 0) is 37.4 Å². The number of ether oxygens (including phenoxy) is 2. The second kappa shape index (κ2) is 4.79. The minimum absolute atomic E-state index is 0.284. The van der Waals surface area contributed by atoms with Crippen molar-refractivity contribution < 1.29 is 9.47 Å². The lowest BCUT2D eigenvalue weighted by Crippen LogP contribution is -2.05. The second-order valence-electron chi connectivity index (χ2n) is 4.94. The highest BCUT2D eigenvalue weighted by atomic mass is 16.7. The predicted molar refractivity (Wildman–Crippen MR) is 79.5 cm³/mol. The summed E-state index contributed by atoms with van der Waals surface area (Å²) in [5.74, 6) is 2.47. The molecule has 1 aromatic carbocycles. The minimum atomic E-state index is 0.284. The Hall–Kier alpha value is -2.53. The number of hydrogen-bond acceptors (Lipinski definition) is 4. The summed E-state index contributed by atoms with van der Waals surface area (Å²) in [5, 5.41) is 3.16. The number of nitrogens with one attached hydrogen (secondary N) is 1. The molecule has 0 aliphatic carbocycles. The number of imidazole rings is 1. The van der Waals surface area contributed by atoms with Gasteiger partial charge in [-0.25, -0.2) is 4.98 Å². The molecule has 0 amide bonds. The average molecular weight is 281 g/mol. The minimum Gasteiger partial charge on any atom is -0.454 e. The Kier molecular flexibility index (Phi) is 2.79. The van der Waals surface area contributed by atoms with Crippen molar-refractivity contribution in [1.82, 2.24) is 14.7 Å². The molecule has 0 spiro atoms. The van der Waals surface area contributed by atoms with Gasteiger partial charge < -0.3 is 14.8 Å². The van der Waals surface area contributed by atoms with Gasteiger partial charge in [0.25, 0.3) is 0 Å². The quantitative estimate of drug-likeness (QED) is 0.801. The number of pyridine rings is 1. The number of aromatic nitrogens is 2. The van der Waals surface area contributed by atoms with E-state index in [1.165, 1.54) is 0 Å². The Labute approximate surface area is 122 Å². The summed E-state index contributed by atoms with van der Waals surface area (Å²) in [6.07, 6.45) is 2.03. The summed E-state index contributed by atoms with van der Waals surface area (Å²) in [5.41, 5.74) is 3.16. The standard InChI is InChI=1S/C16H15N3O2/c1-17-9-12-13-4-2-3-7-19(13)16(18-12)11-5-6-14-15(8-11)21-10-20-14/h2-8,17H,9-10H2,1H3. The lowest BCUT2D eigenvalue weighted by molar-refractivity contribution is 0.174. The van der Waals surface area contributed by atoms with Gasteiger partial charge in [0.2, 0.25) is 6.79 Å². The van der Waals surface area contributed by atoms with Crippen LogP contribution in [0.3, 0.4) is 0 Å². The van der Waals surface area contributed by atoms with Crippen LogP contribution in [0.4, 0.5) is 0 Å². The first kappa shape index (κ1) is 12.2. The third-order valence-corrected chi connectivity index (χ3v) is 3.60. The van der Waals surface area contributed by atoms with Gasteiger partial charge in [0.15, 0.2) is 11.5 Å². The van der Waals surface area contributed by atoms with Crippen molar-refractivity contribution in [3.8, 4) is 22.9 Å². The maximum absolute atomic E-state index is 5.46. The van der Waals surface area contributed by atoms with Gasteiger partial charge in [0, 0.05) is 18.3 Å². The van der Waals surface area contributed by atoms with Crippen LogP contribution in [0.2, 0.25) is 0 Å². The van der Waals surface area contributed by atoms with E-state index >= 15 is 0 Å². The van der Waals surface area contributed by atoms with Gasteiger partial charge >= 0.3 is 0 Å². The summed E-state index contributed by atoms with van der Waals surface area (Å²) in [6, 6.07) is 12.0. The monoisotopic (exact) mass is 281 g/mol. The van der Waals surface area contributed by atoms with E-state index in [2.05, 4.69) is 15.8 Å². The Morgan fingerprint density at radius 2 is 2.10 bits per heavy atom. The molecule has 3 heterocycles. The number of nitrogens with zero attached hydrogens (tertiary/aromatic N) is 2. The van der Waals surface area contributed by atoms with Gasteiger partial charge in [0.05, 0.1) is 11.2 Å². The zero-order valence-corrected chi connectivity index (χ0v) is 11.7. The first-order chi connectivity index (χ1) is 10.4. The lowest BCUT2D eigenvalue weighted by atomic mass is 10.2. The van der Waals surface area contributed by atoms with Crippen molar-refractivity contribution in [3.05, 3.63) is 48.3 Å². The molecule has 0 saturated heterocycles. The van der Waals surface area contributed by atoms with Gasteiger partial charge in [-0.15, -0.1) is 0 Å². The Balaban J connectivity index is 1.90. The van der Waals surface area contributed by atoms with E-state index in [-0.39, 0.29) is 6.79 Å².